The van der Waals surface area contributed by atoms with Crippen molar-refractivity contribution in [2.45, 2.75) is 18.9 Å². The minimum absolute atomic E-state index is 0.380. The van der Waals surface area contributed by atoms with Crippen molar-refractivity contribution in [1.82, 2.24) is 5.06 Å². The van der Waals surface area contributed by atoms with Gasteiger partial charge in [-0.05, 0) is 12.8 Å². The molecule has 2 aliphatic rings. The molecule has 2 rings (SSSR count). The Bertz CT molecular complexity index is 263. The Morgan fingerprint density at radius 1 is 1.40 bits per heavy atom. The topological polar surface area (TPSA) is 60.8 Å². The Labute approximate surface area is 101 Å². The summed E-state index contributed by atoms with van der Waals surface area (Å²) in [6, 6.07) is -0.662. The predicted molar refractivity (Wildman–Crippen MR) is 59.2 cm³/mol. The smallest absolute Gasteiger partial charge is 0.323 e. The molecule has 1 unspecified atom stereocenters. The summed E-state index contributed by atoms with van der Waals surface area (Å²) in [7, 11) is 0. The van der Waals surface area contributed by atoms with Gasteiger partial charge in [-0.25, -0.2) is 0 Å². The van der Waals surface area contributed by atoms with E-state index >= 15 is 0 Å². The van der Waals surface area contributed by atoms with Gasteiger partial charge in [0, 0.05) is 6.54 Å². The van der Waals surface area contributed by atoms with Crippen molar-refractivity contribution in [3.63, 3.8) is 0 Å². The predicted octanol–water partition coefficient (Wildman–Crippen LogP) is 0.501. The van der Waals surface area contributed by atoms with Crippen LogP contribution in [0, 0.1) is 0 Å². The Balaban J connectivity index is 0.000000162. The van der Waals surface area contributed by atoms with Crippen LogP contribution < -0.4 is 0 Å². The molecule has 2 N–H and O–H groups in total. The van der Waals surface area contributed by atoms with E-state index in [2.05, 4.69) is 25.4 Å². The molecule has 1 atom stereocenters. The molecule has 1 fully saturated rings. The molecule has 0 bridgehead atoms. The fourth-order valence-electron chi connectivity index (χ4n) is 1.39. The minimum Gasteiger partial charge on any atom is -0.480 e. The molecule has 5 heteroatoms. The number of carboxylic acids is 1. The first kappa shape index (κ1) is 12.7. The summed E-state index contributed by atoms with van der Waals surface area (Å²) in [5.74, 6) is -0.935. The first-order valence-corrected chi connectivity index (χ1v) is 10.1. The summed E-state index contributed by atoms with van der Waals surface area (Å²) in [4.78, 5) is 10.2. The normalized spacial score (nSPS) is 23.1. The summed E-state index contributed by atoms with van der Waals surface area (Å²) in [5.41, 5.74) is 0. The molecule has 0 saturated carbocycles. The standard InChI is InChI=1S/C5H9NO3.C5H5.Tl/c7-5(8)4-2-1-3-6(4)9;1-3-5-4-2;/h4,9H,1-3H2,(H,7,8);1-5H;. The van der Waals surface area contributed by atoms with Crippen LogP contribution >= 0.6 is 0 Å². The number of hydroxylamine groups is 2. The fraction of sp³-hybridized carbons (Fsp3) is 0.400. The van der Waals surface area contributed by atoms with E-state index in [1.54, 1.807) is 0 Å². The van der Waals surface area contributed by atoms with Crippen LogP contribution in [0.3, 0.4) is 0 Å². The van der Waals surface area contributed by atoms with Crippen LogP contribution in [-0.2, 0) is 4.79 Å². The van der Waals surface area contributed by atoms with Gasteiger partial charge in [0.1, 0.15) is 6.04 Å². The SMILES string of the molecule is C1=C[CH]=[Tl][CH]=C1.O=C(O)C1CCCN1O. The number of nitrogens with zero attached hydrogens (tertiary/aromatic N) is 1. The third kappa shape index (κ3) is 4.81. The molecule has 0 aliphatic carbocycles. The van der Waals surface area contributed by atoms with Crippen LogP contribution in [0.1, 0.15) is 12.8 Å². The zero-order valence-electron chi connectivity index (χ0n) is 8.41. The molecule has 1 saturated heterocycles. The average Bonchev–Trinajstić information content (AvgIpc) is 2.68. The van der Waals surface area contributed by atoms with Gasteiger partial charge in [0.05, 0.1) is 0 Å². The molecular formula is C10H14NO3Tl. The third-order valence-corrected chi connectivity index (χ3v) is 5.63. The van der Waals surface area contributed by atoms with Crippen molar-refractivity contribution in [2.75, 3.05) is 6.54 Å². The summed E-state index contributed by atoms with van der Waals surface area (Å²) < 4.78 is 4.67. The third-order valence-electron chi connectivity index (χ3n) is 2.18. The van der Waals surface area contributed by atoms with Gasteiger partial charge in [-0.2, -0.15) is 5.06 Å². The first-order valence-electron chi connectivity index (χ1n) is 4.90. The van der Waals surface area contributed by atoms with Crippen LogP contribution in [0.25, 0.3) is 0 Å². The van der Waals surface area contributed by atoms with E-state index in [0.717, 1.165) is 11.5 Å². The molecule has 0 spiro atoms. The second-order valence-corrected chi connectivity index (χ2v) is 7.80. The number of rotatable bonds is 1. The van der Waals surface area contributed by atoms with Gasteiger partial charge in [-0.3, -0.25) is 4.79 Å². The molecule has 0 amide bonds. The Kier molecular flexibility index (Phi) is 5.96. The molecule has 0 radical (unpaired) electrons. The largest absolute Gasteiger partial charge is 0.480 e. The van der Waals surface area contributed by atoms with Gasteiger partial charge in [0.15, 0.2) is 0 Å². The Morgan fingerprint density at radius 2 is 2.20 bits per heavy atom. The quantitative estimate of drug-likeness (QED) is 0.630. The fourth-order valence-corrected chi connectivity index (χ4v) is 3.88. The van der Waals surface area contributed by atoms with E-state index in [9.17, 15) is 4.79 Å². The van der Waals surface area contributed by atoms with E-state index in [1.165, 1.54) is 0 Å². The number of aliphatic carboxylic acids is 1. The van der Waals surface area contributed by atoms with E-state index in [-0.39, 0.29) is 23.7 Å². The van der Waals surface area contributed by atoms with Crippen molar-refractivity contribution in [3.05, 3.63) is 21.9 Å². The molecule has 0 aromatic heterocycles. The maximum atomic E-state index is 10.2. The molecule has 4 nitrogen and oxygen atoms in total. The summed E-state index contributed by atoms with van der Waals surface area (Å²) in [6.07, 6.45) is 7.71. The van der Waals surface area contributed by atoms with Gasteiger partial charge in [-0.15, -0.1) is 0 Å². The molecule has 2 heterocycles. The second kappa shape index (κ2) is 7.02. The molecule has 0 aromatic rings. The van der Waals surface area contributed by atoms with E-state index in [4.69, 9.17) is 10.3 Å². The van der Waals surface area contributed by atoms with Gasteiger partial charge in [-0.1, -0.05) is 0 Å². The van der Waals surface area contributed by atoms with Gasteiger partial charge < -0.3 is 10.3 Å². The van der Waals surface area contributed by atoms with Crippen LogP contribution in [0.5, 0.6) is 0 Å². The maximum absolute atomic E-state index is 10.2. The van der Waals surface area contributed by atoms with Crippen molar-refractivity contribution < 1.29 is 15.1 Å². The monoisotopic (exact) mass is 401 g/mol. The number of allylic oxidation sites excluding steroid dienone is 3. The van der Waals surface area contributed by atoms with Crippen LogP contribution in [0.4, 0.5) is 0 Å². The number of hydrogen-bond acceptors (Lipinski definition) is 3. The summed E-state index contributed by atoms with van der Waals surface area (Å²) in [6.45, 7) is 0.483. The molecule has 15 heavy (non-hydrogen) atoms. The summed E-state index contributed by atoms with van der Waals surface area (Å²) in [5, 5.41) is 18.1. The first-order chi connectivity index (χ1) is 7.22. The molecular weight excluding hydrogens is 386 g/mol. The maximum Gasteiger partial charge on any atom is 0.323 e. The Hall–Kier alpha value is -0.338. The van der Waals surface area contributed by atoms with Crippen LogP contribution in [0.2, 0.25) is 0 Å². The van der Waals surface area contributed by atoms with Gasteiger partial charge >= 0.3 is 55.1 Å². The number of carbonyl (C=O) groups is 1. The van der Waals surface area contributed by atoms with Crippen molar-refractivity contribution in [3.8, 4) is 0 Å². The van der Waals surface area contributed by atoms with Gasteiger partial charge in [0.2, 0.25) is 0 Å². The average molecular weight is 401 g/mol. The van der Waals surface area contributed by atoms with E-state index in [0.29, 0.717) is 13.0 Å². The van der Waals surface area contributed by atoms with E-state index in [1.807, 2.05) is 0 Å². The Morgan fingerprint density at radius 3 is 2.40 bits per heavy atom. The zero-order valence-corrected chi connectivity index (χ0v) is 12.9. The minimum atomic E-state index is -0.935. The van der Waals surface area contributed by atoms with Gasteiger partial charge in [0.25, 0.3) is 0 Å². The molecule has 2 aliphatic heterocycles. The second-order valence-electron chi connectivity index (χ2n) is 3.31. The number of hydrogen-bond donors (Lipinski definition) is 2. The molecule has 0 aromatic carbocycles. The summed E-state index contributed by atoms with van der Waals surface area (Å²) >= 11 is -0.380. The van der Waals surface area contributed by atoms with Crippen LogP contribution in [-0.4, -0.2) is 61.2 Å². The van der Waals surface area contributed by atoms with E-state index < -0.39 is 12.0 Å². The van der Waals surface area contributed by atoms with Crippen LogP contribution in [0.15, 0.2) is 21.9 Å². The molecule has 80 valence electrons. The van der Waals surface area contributed by atoms with Crippen molar-refractivity contribution in [1.29, 1.82) is 0 Å². The number of carboxylic acid groups (broad SMARTS) is 1. The van der Waals surface area contributed by atoms with Crippen molar-refractivity contribution >= 4 is 33.3 Å². The van der Waals surface area contributed by atoms with Crippen molar-refractivity contribution in [2.24, 2.45) is 0 Å². The zero-order chi connectivity index (χ0) is 11.1.